The van der Waals surface area contributed by atoms with Crippen LogP contribution in [0.25, 0.3) is 0 Å². The monoisotopic (exact) mass is 260 g/mol. The van der Waals surface area contributed by atoms with Gasteiger partial charge in [-0.1, -0.05) is 16.9 Å². The minimum absolute atomic E-state index is 0.117. The minimum atomic E-state index is 0.117. The first-order valence-electron chi connectivity index (χ1n) is 5.23. The maximum Gasteiger partial charge on any atom is 0.170 e. The highest BCUT2D eigenvalue weighted by molar-refractivity contribution is 7.99. The molecule has 6 heteroatoms. The standard InChI is InChI=1S/C12H12N4OS/c1-8-6-9(2-3-10(8)12(13)16-17)18-11-4-5-14-7-15-11/h2-7,17H,1H3,(H2,13,16). The molecule has 0 amide bonds. The fraction of sp³-hybridized carbons (Fsp3) is 0.0833. The fourth-order valence-corrected chi connectivity index (χ4v) is 2.34. The average molecular weight is 260 g/mol. The Morgan fingerprint density at radius 1 is 1.39 bits per heavy atom. The van der Waals surface area contributed by atoms with Gasteiger partial charge < -0.3 is 10.9 Å². The van der Waals surface area contributed by atoms with E-state index >= 15 is 0 Å². The Balaban J connectivity index is 2.25. The van der Waals surface area contributed by atoms with E-state index in [4.69, 9.17) is 10.9 Å². The number of hydrogen-bond donors (Lipinski definition) is 2. The summed E-state index contributed by atoms with van der Waals surface area (Å²) in [5.41, 5.74) is 7.25. The number of amidine groups is 1. The van der Waals surface area contributed by atoms with E-state index in [0.29, 0.717) is 0 Å². The van der Waals surface area contributed by atoms with Gasteiger partial charge in [-0.3, -0.25) is 0 Å². The van der Waals surface area contributed by atoms with Crippen LogP contribution >= 0.6 is 11.8 Å². The Labute approximate surface area is 109 Å². The molecule has 5 nitrogen and oxygen atoms in total. The maximum atomic E-state index is 8.66. The average Bonchev–Trinajstić information content (AvgIpc) is 2.39. The zero-order chi connectivity index (χ0) is 13.0. The lowest BCUT2D eigenvalue weighted by Gasteiger charge is -2.06. The number of aromatic nitrogens is 2. The van der Waals surface area contributed by atoms with Gasteiger partial charge in [-0.25, -0.2) is 9.97 Å². The molecule has 18 heavy (non-hydrogen) atoms. The summed E-state index contributed by atoms with van der Waals surface area (Å²) >= 11 is 1.54. The van der Waals surface area contributed by atoms with Gasteiger partial charge in [-0.05, 0) is 36.8 Å². The van der Waals surface area contributed by atoms with Crippen LogP contribution in [0.1, 0.15) is 11.1 Å². The van der Waals surface area contributed by atoms with Crippen molar-refractivity contribution < 1.29 is 5.21 Å². The first-order valence-corrected chi connectivity index (χ1v) is 6.05. The third-order valence-electron chi connectivity index (χ3n) is 2.36. The second kappa shape index (κ2) is 5.50. The molecular weight excluding hydrogens is 248 g/mol. The lowest BCUT2D eigenvalue weighted by Crippen LogP contribution is -2.14. The minimum Gasteiger partial charge on any atom is -0.409 e. The lowest BCUT2D eigenvalue weighted by atomic mass is 10.1. The fourth-order valence-electron chi connectivity index (χ4n) is 1.50. The number of rotatable bonds is 3. The molecule has 2 aromatic rings. The quantitative estimate of drug-likeness (QED) is 0.290. The summed E-state index contributed by atoms with van der Waals surface area (Å²) in [5.74, 6) is 0.117. The Kier molecular flexibility index (Phi) is 3.78. The van der Waals surface area contributed by atoms with Crippen molar-refractivity contribution in [3.8, 4) is 0 Å². The van der Waals surface area contributed by atoms with Crippen LogP contribution in [0.5, 0.6) is 0 Å². The molecule has 92 valence electrons. The molecule has 0 bridgehead atoms. The number of oxime groups is 1. The van der Waals surface area contributed by atoms with Gasteiger partial charge in [0.15, 0.2) is 5.84 Å². The zero-order valence-electron chi connectivity index (χ0n) is 9.74. The summed E-state index contributed by atoms with van der Waals surface area (Å²) in [4.78, 5) is 9.05. The SMILES string of the molecule is Cc1cc(Sc2ccncn2)ccc1/C(N)=N/O. The van der Waals surface area contributed by atoms with Crippen molar-refractivity contribution in [2.24, 2.45) is 10.9 Å². The summed E-state index contributed by atoms with van der Waals surface area (Å²) in [6, 6.07) is 7.55. The molecular formula is C12H12N4OS. The molecule has 0 saturated heterocycles. The topological polar surface area (TPSA) is 84.4 Å². The van der Waals surface area contributed by atoms with Crippen molar-refractivity contribution in [2.75, 3.05) is 0 Å². The van der Waals surface area contributed by atoms with Gasteiger partial charge in [0.05, 0.1) is 0 Å². The van der Waals surface area contributed by atoms with E-state index < -0.39 is 0 Å². The molecule has 1 aromatic carbocycles. The van der Waals surface area contributed by atoms with Crippen LogP contribution in [0.4, 0.5) is 0 Å². The van der Waals surface area contributed by atoms with Gasteiger partial charge in [-0.2, -0.15) is 0 Å². The normalized spacial score (nSPS) is 11.5. The van der Waals surface area contributed by atoms with Gasteiger partial charge in [0.25, 0.3) is 0 Å². The largest absolute Gasteiger partial charge is 0.409 e. The molecule has 0 unspecified atom stereocenters. The van der Waals surface area contributed by atoms with Crippen molar-refractivity contribution >= 4 is 17.6 Å². The molecule has 2 rings (SSSR count). The van der Waals surface area contributed by atoms with Crippen LogP contribution in [0.3, 0.4) is 0 Å². The molecule has 1 heterocycles. The third kappa shape index (κ3) is 2.78. The number of nitrogens with zero attached hydrogens (tertiary/aromatic N) is 3. The zero-order valence-corrected chi connectivity index (χ0v) is 10.6. The second-order valence-corrected chi connectivity index (χ2v) is 4.71. The highest BCUT2D eigenvalue weighted by Crippen LogP contribution is 2.27. The summed E-state index contributed by atoms with van der Waals surface area (Å²) in [6.07, 6.45) is 3.22. The molecule has 0 atom stereocenters. The van der Waals surface area contributed by atoms with Gasteiger partial charge >= 0.3 is 0 Å². The molecule has 0 spiro atoms. The highest BCUT2D eigenvalue weighted by atomic mass is 32.2. The van der Waals surface area contributed by atoms with Crippen molar-refractivity contribution in [1.29, 1.82) is 0 Å². The first-order chi connectivity index (χ1) is 8.70. The van der Waals surface area contributed by atoms with E-state index in [9.17, 15) is 0 Å². The van der Waals surface area contributed by atoms with E-state index in [1.54, 1.807) is 6.20 Å². The lowest BCUT2D eigenvalue weighted by molar-refractivity contribution is 0.318. The van der Waals surface area contributed by atoms with Crippen LogP contribution in [0.15, 0.2) is 51.9 Å². The maximum absolute atomic E-state index is 8.66. The van der Waals surface area contributed by atoms with E-state index in [2.05, 4.69) is 15.1 Å². The molecule has 0 aliphatic rings. The molecule has 0 saturated carbocycles. The Morgan fingerprint density at radius 3 is 2.83 bits per heavy atom. The summed E-state index contributed by atoms with van der Waals surface area (Å²) in [6.45, 7) is 1.91. The van der Waals surface area contributed by atoms with Crippen LogP contribution in [0, 0.1) is 6.92 Å². The van der Waals surface area contributed by atoms with Gasteiger partial charge in [0, 0.05) is 16.7 Å². The van der Waals surface area contributed by atoms with E-state index in [1.807, 2.05) is 31.2 Å². The van der Waals surface area contributed by atoms with Crippen LogP contribution in [-0.4, -0.2) is 21.0 Å². The van der Waals surface area contributed by atoms with E-state index in [1.165, 1.54) is 18.1 Å². The summed E-state index contributed by atoms with van der Waals surface area (Å²) in [7, 11) is 0. The smallest absolute Gasteiger partial charge is 0.170 e. The predicted molar refractivity (Wildman–Crippen MR) is 69.8 cm³/mol. The third-order valence-corrected chi connectivity index (χ3v) is 3.30. The van der Waals surface area contributed by atoms with Crippen molar-refractivity contribution in [1.82, 2.24) is 9.97 Å². The van der Waals surface area contributed by atoms with Crippen molar-refractivity contribution in [3.63, 3.8) is 0 Å². The van der Waals surface area contributed by atoms with Crippen molar-refractivity contribution in [3.05, 3.63) is 47.9 Å². The Bertz CT molecular complexity index is 572. The number of nitrogens with two attached hydrogens (primary N) is 1. The summed E-state index contributed by atoms with van der Waals surface area (Å²) in [5, 5.41) is 12.5. The molecule has 0 aliphatic heterocycles. The Hall–Kier alpha value is -2.08. The van der Waals surface area contributed by atoms with Gasteiger partial charge in [0.1, 0.15) is 11.4 Å². The second-order valence-electron chi connectivity index (χ2n) is 3.61. The first kappa shape index (κ1) is 12.4. The van der Waals surface area contributed by atoms with E-state index in [0.717, 1.165) is 21.0 Å². The van der Waals surface area contributed by atoms with Gasteiger partial charge in [0.2, 0.25) is 0 Å². The molecule has 3 N–H and O–H groups in total. The van der Waals surface area contributed by atoms with Crippen LogP contribution in [-0.2, 0) is 0 Å². The molecule has 0 aliphatic carbocycles. The van der Waals surface area contributed by atoms with Gasteiger partial charge in [-0.15, -0.1) is 0 Å². The highest BCUT2D eigenvalue weighted by Gasteiger charge is 2.05. The predicted octanol–water partition coefficient (Wildman–Crippen LogP) is 2.03. The Morgan fingerprint density at radius 2 is 2.22 bits per heavy atom. The summed E-state index contributed by atoms with van der Waals surface area (Å²) < 4.78 is 0. The number of benzene rings is 1. The van der Waals surface area contributed by atoms with Crippen LogP contribution in [0.2, 0.25) is 0 Å². The molecule has 0 fully saturated rings. The number of hydrogen-bond acceptors (Lipinski definition) is 5. The van der Waals surface area contributed by atoms with Crippen LogP contribution < -0.4 is 5.73 Å². The van der Waals surface area contributed by atoms with E-state index in [-0.39, 0.29) is 5.84 Å². The number of aryl methyl sites for hydroxylation is 1. The van der Waals surface area contributed by atoms with Crippen molar-refractivity contribution in [2.45, 2.75) is 16.8 Å². The molecule has 1 aromatic heterocycles. The molecule has 0 radical (unpaired) electrons.